The number of aromatic amines is 1. The second-order valence-electron chi connectivity index (χ2n) is 2.72. The molecule has 2 aromatic rings. The number of aryl methyl sites for hydroxylation is 1. The van der Waals surface area contributed by atoms with Gasteiger partial charge in [0.2, 0.25) is 0 Å². The van der Waals surface area contributed by atoms with Crippen LogP contribution >= 0.6 is 11.6 Å². The van der Waals surface area contributed by atoms with E-state index < -0.39 is 0 Å². The van der Waals surface area contributed by atoms with Gasteiger partial charge in [0.1, 0.15) is 34.2 Å². The highest BCUT2D eigenvalue weighted by Gasteiger charge is 2.19. The van der Waals surface area contributed by atoms with Crippen LogP contribution in [-0.2, 0) is 0 Å². The van der Waals surface area contributed by atoms with Crippen molar-refractivity contribution in [1.29, 1.82) is 10.5 Å². The first-order valence-electron chi connectivity index (χ1n) is 3.75. The predicted molar refractivity (Wildman–Crippen MR) is 48.7 cm³/mol. The molecule has 2 rings (SSSR count). The van der Waals surface area contributed by atoms with Crippen LogP contribution in [0.5, 0.6) is 0 Å². The number of nitrogens with zero attached hydrogens (tertiary/aromatic N) is 4. The lowest BCUT2D eigenvalue weighted by molar-refractivity contribution is 0.996. The summed E-state index contributed by atoms with van der Waals surface area (Å²) in [5.41, 5.74) is 0.891. The van der Waals surface area contributed by atoms with Gasteiger partial charge in [-0.3, -0.25) is 9.50 Å². The van der Waals surface area contributed by atoms with Gasteiger partial charge in [0.25, 0.3) is 0 Å². The molecule has 0 saturated heterocycles. The van der Waals surface area contributed by atoms with Crippen molar-refractivity contribution in [3.63, 3.8) is 0 Å². The lowest BCUT2D eigenvalue weighted by Gasteiger charge is -1.88. The Bertz CT molecular complexity index is 592. The number of hydrogen-bond donors (Lipinski definition) is 1. The number of rotatable bonds is 0. The highest BCUT2D eigenvalue weighted by Crippen LogP contribution is 2.26. The van der Waals surface area contributed by atoms with E-state index in [0.29, 0.717) is 11.5 Å². The van der Waals surface area contributed by atoms with Crippen LogP contribution in [0.3, 0.4) is 0 Å². The molecule has 0 aliphatic heterocycles. The molecule has 0 atom stereocenters. The molecule has 2 heterocycles. The molecule has 0 aliphatic rings. The molecule has 6 heteroatoms. The Hall–Kier alpha value is -1.98. The van der Waals surface area contributed by atoms with Gasteiger partial charge in [0.15, 0.2) is 5.65 Å². The lowest BCUT2D eigenvalue weighted by Crippen LogP contribution is -1.90. The molecular formula is C8H4ClN5. The van der Waals surface area contributed by atoms with Crippen molar-refractivity contribution >= 4 is 17.2 Å². The second kappa shape index (κ2) is 2.76. The van der Waals surface area contributed by atoms with E-state index in [9.17, 15) is 0 Å². The number of fused-ring (bicyclic) bond motifs is 1. The first-order chi connectivity index (χ1) is 6.70. The van der Waals surface area contributed by atoms with Crippen LogP contribution in [0.25, 0.3) is 5.65 Å². The Morgan fingerprint density at radius 1 is 1.43 bits per heavy atom. The van der Waals surface area contributed by atoms with Crippen molar-refractivity contribution in [2.45, 2.75) is 6.92 Å². The molecule has 0 aliphatic carbocycles. The predicted octanol–water partition coefficient (Wildman–Crippen LogP) is 1.37. The van der Waals surface area contributed by atoms with Crippen LogP contribution < -0.4 is 0 Å². The summed E-state index contributed by atoms with van der Waals surface area (Å²) in [6, 6.07) is 3.83. The largest absolute Gasteiger partial charge is 0.269 e. The van der Waals surface area contributed by atoms with Crippen molar-refractivity contribution < 1.29 is 0 Å². The molecule has 0 aromatic carbocycles. The first-order valence-corrected chi connectivity index (χ1v) is 4.13. The van der Waals surface area contributed by atoms with Crippen LogP contribution in [-0.4, -0.2) is 14.6 Å². The van der Waals surface area contributed by atoms with E-state index >= 15 is 0 Å². The fourth-order valence-corrected chi connectivity index (χ4v) is 1.62. The van der Waals surface area contributed by atoms with E-state index in [1.54, 1.807) is 6.92 Å². The summed E-state index contributed by atoms with van der Waals surface area (Å²) in [6.07, 6.45) is 0. The van der Waals surface area contributed by atoms with Gasteiger partial charge in [-0.25, -0.2) is 0 Å². The van der Waals surface area contributed by atoms with Gasteiger partial charge >= 0.3 is 0 Å². The highest BCUT2D eigenvalue weighted by atomic mass is 35.5. The number of H-pyrrole nitrogens is 1. The number of nitrogens with one attached hydrogen (secondary N) is 1. The maximum atomic E-state index is 8.88. The maximum Gasteiger partial charge on any atom is 0.153 e. The van der Waals surface area contributed by atoms with E-state index in [0.717, 1.165) is 0 Å². The van der Waals surface area contributed by atoms with Crippen molar-refractivity contribution in [1.82, 2.24) is 14.6 Å². The molecular weight excluding hydrogens is 202 g/mol. The summed E-state index contributed by atoms with van der Waals surface area (Å²) in [4.78, 5) is 0. The third-order valence-electron chi connectivity index (χ3n) is 1.98. The van der Waals surface area contributed by atoms with E-state index in [-0.39, 0.29) is 16.3 Å². The molecule has 0 spiro atoms. The van der Waals surface area contributed by atoms with Gasteiger partial charge in [-0.2, -0.15) is 15.6 Å². The number of halogens is 1. The molecule has 5 nitrogen and oxygen atoms in total. The van der Waals surface area contributed by atoms with Crippen LogP contribution in [0.15, 0.2) is 0 Å². The molecule has 68 valence electrons. The topological polar surface area (TPSA) is 80.7 Å². The van der Waals surface area contributed by atoms with Crippen LogP contribution in [0.2, 0.25) is 5.02 Å². The van der Waals surface area contributed by atoms with E-state index in [4.69, 9.17) is 22.1 Å². The van der Waals surface area contributed by atoms with Crippen molar-refractivity contribution in [3.8, 4) is 12.1 Å². The summed E-state index contributed by atoms with van der Waals surface area (Å²) in [6.45, 7) is 1.72. The molecule has 0 amide bonds. The smallest absolute Gasteiger partial charge is 0.153 e. The number of nitriles is 2. The monoisotopic (exact) mass is 205 g/mol. The minimum Gasteiger partial charge on any atom is -0.269 e. The Morgan fingerprint density at radius 3 is 2.71 bits per heavy atom. The average Bonchev–Trinajstić information content (AvgIpc) is 2.67. The van der Waals surface area contributed by atoms with Gasteiger partial charge < -0.3 is 0 Å². The quantitative estimate of drug-likeness (QED) is 0.705. The van der Waals surface area contributed by atoms with Crippen LogP contribution in [0.1, 0.15) is 17.1 Å². The van der Waals surface area contributed by atoms with Gasteiger partial charge in [0.05, 0.1) is 0 Å². The molecule has 0 saturated carbocycles. The fourth-order valence-electron chi connectivity index (χ4n) is 1.36. The Kier molecular flexibility index (Phi) is 1.70. The lowest BCUT2D eigenvalue weighted by atomic mass is 10.3. The van der Waals surface area contributed by atoms with Crippen LogP contribution in [0, 0.1) is 29.6 Å². The molecule has 0 unspecified atom stereocenters. The summed E-state index contributed by atoms with van der Waals surface area (Å²) in [7, 11) is 0. The Labute approximate surface area is 84.1 Å². The average molecular weight is 206 g/mol. The number of aromatic nitrogens is 3. The Morgan fingerprint density at radius 2 is 2.14 bits per heavy atom. The highest BCUT2D eigenvalue weighted by molar-refractivity contribution is 6.35. The maximum absolute atomic E-state index is 8.88. The van der Waals surface area contributed by atoms with Crippen molar-refractivity contribution in [2.75, 3.05) is 0 Å². The van der Waals surface area contributed by atoms with Gasteiger partial charge in [-0.15, -0.1) is 0 Å². The Balaban J connectivity index is 3.05. The normalized spacial score (nSPS) is 10.0. The van der Waals surface area contributed by atoms with E-state index in [1.807, 2.05) is 12.1 Å². The minimum atomic E-state index is 0.186. The van der Waals surface area contributed by atoms with Crippen LogP contribution in [0.4, 0.5) is 0 Å². The first kappa shape index (κ1) is 8.61. The summed E-state index contributed by atoms with van der Waals surface area (Å²) < 4.78 is 1.53. The van der Waals surface area contributed by atoms with Crippen molar-refractivity contribution in [2.24, 2.45) is 0 Å². The SMILES string of the molecule is Cc1n[nH]c2c(Cl)c(C#N)c(C#N)n12. The van der Waals surface area contributed by atoms with E-state index in [1.165, 1.54) is 4.40 Å². The summed E-state index contributed by atoms with van der Waals surface area (Å²) >= 11 is 5.89. The zero-order chi connectivity index (χ0) is 10.3. The molecule has 14 heavy (non-hydrogen) atoms. The fraction of sp³-hybridized carbons (Fsp3) is 0.125. The zero-order valence-electron chi connectivity index (χ0n) is 7.17. The summed E-state index contributed by atoms with van der Waals surface area (Å²) in [5.74, 6) is 0.597. The summed E-state index contributed by atoms with van der Waals surface area (Å²) in [5, 5.41) is 24.5. The molecule has 0 fully saturated rings. The van der Waals surface area contributed by atoms with Crippen molar-refractivity contribution in [3.05, 3.63) is 22.1 Å². The third-order valence-corrected chi connectivity index (χ3v) is 2.34. The second-order valence-corrected chi connectivity index (χ2v) is 3.09. The van der Waals surface area contributed by atoms with Gasteiger partial charge in [0, 0.05) is 0 Å². The van der Waals surface area contributed by atoms with E-state index in [2.05, 4.69) is 10.2 Å². The minimum absolute atomic E-state index is 0.186. The molecule has 2 aromatic heterocycles. The van der Waals surface area contributed by atoms with Gasteiger partial charge in [-0.1, -0.05) is 11.6 Å². The number of hydrogen-bond acceptors (Lipinski definition) is 3. The molecule has 0 radical (unpaired) electrons. The molecule has 1 N–H and O–H groups in total. The molecule has 0 bridgehead atoms. The standard InChI is InChI=1S/C8H4ClN5/c1-4-12-13-8-7(9)5(2-10)6(3-11)14(4)8/h13H,1H3. The van der Waals surface area contributed by atoms with Gasteiger partial charge in [-0.05, 0) is 6.92 Å². The zero-order valence-corrected chi connectivity index (χ0v) is 7.92. The third kappa shape index (κ3) is 0.847.